The quantitative estimate of drug-likeness (QED) is 0.721. The first-order chi connectivity index (χ1) is 13.1. The SMILES string of the molecule is CC/C(C)=C(\N)c1ccc(C2CCC(COC(=O)Cc3ccccc3)O2)[nH]1. The highest BCUT2D eigenvalue weighted by Crippen LogP contribution is 2.33. The lowest BCUT2D eigenvalue weighted by Gasteiger charge is -2.13. The molecule has 2 atom stereocenters. The zero-order valence-corrected chi connectivity index (χ0v) is 16.0. The molecule has 1 aromatic carbocycles. The van der Waals surface area contributed by atoms with Gasteiger partial charge in [-0.25, -0.2) is 0 Å². The van der Waals surface area contributed by atoms with Crippen LogP contribution in [0.3, 0.4) is 0 Å². The molecule has 2 unspecified atom stereocenters. The Bertz CT molecular complexity index is 795. The monoisotopic (exact) mass is 368 g/mol. The summed E-state index contributed by atoms with van der Waals surface area (Å²) >= 11 is 0. The summed E-state index contributed by atoms with van der Waals surface area (Å²) in [7, 11) is 0. The van der Waals surface area contributed by atoms with Crippen molar-refractivity contribution >= 4 is 11.7 Å². The van der Waals surface area contributed by atoms with Crippen LogP contribution in [0.4, 0.5) is 0 Å². The number of hydrogen-bond acceptors (Lipinski definition) is 4. The maximum absolute atomic E-state index is 12.0. The van der Waals surface area contributed by atoms with E-state index in [0.717, 1.165) is 41.9 Å². The molecule has 27 heavy (non-hydrogen) atoms. The lowest BCUT2D eigenvalue weighted by molar-refractivity contribution is -0.146. The van der Waals surface area contributed by atoms with E-state index in [4.69, 9.17) is 15.2 Å². The number of carbonyl (C=O) groups is 1. The fourth-order valence-corrected chi connectivity index (χ4v) is 3.23. The summed E-state index contributed by atoms with van der Waals surface area (Å²) in [6, 6.07) is 13.6. The maximum atomic E-state index is 12.0. The van der Waals surface area contributed by atoms with E-state index in [0.29, 0.717) is 13.0 Å². The van der Waals surface area contributed by atoms with Crippen molar-refractivity contribution in [3.63, 3.8) is 0 Å². The second kappa shape index (κ2) is 8.91. The highest BCUT2D eigenvalue weighted by atomic mass is 16.6. The van der Waals surface area contributed by atoms with E-state index < -0.39 is 0 Å². The maximum Gasteiger partial charge on any atom is 0.310 e. The fourth-order valence-electron chi connectivity index (χ4n) is 3.23. The van der Waals surface area contributed by atoms with Crippen LogP contribution in [0.25, 0.3) is 5.70 Å². The first-order valence-electron chi connectivity index (χ1n) is 9.56. The second-order valence-corrected chi connectivity index (χ2v) is 7.04. The highest BCUT2D eigenvalue weighted by molar-refractivity contribution is 5.72. The molecule has 3 rings (SSSR count). The van der Waals surface area contributed by atoms with Gasteiger partial charge in [-0.1, -0.05) is 37.3 Å². The predicted molar refractivity (Wildman–Crippen MR) is 106 cm³/mol. The molecule has 1 saturated heterocycles. The largest absolute Gasteiger partial charge is 0.463 e. The zero-order chi connectivity index (χ0) is 19.2. The average molecular weight is 368 g/mol. The number of benzene rings is 1. The van der Waals surface area contributed by atoms with E-state index in [2.05, 4.69) is 11.9 Å². The molecule has 1 aliphatic rings. The van der Waals surface area contributed by atoms with Gasteiger partial charge in [0.25, 0.3) is 0 Å². The number of ether oxygens (including phenoxy) is 2. The highest BCUT2D eigenvalue weighted by Gasteiger charge is 2.28. The standard InChI is InChI=1S/C22H28N2O3/c1-3-15(2)22(23)19-11-10-18(24-19)20-12-9-17(27-20)14-26-21(25)13-16-7-5-4-6-8-16/h4-8,10-11,17,20,24H,3,9,12-14,23H2,1-2H3/b22-15-. The Kier molecular flexibility index (Phi) is 6.35. The summed E-state index contributed by atoms with van der Waals surface area (Å²) < 4.78 is 11.5. The van der Waals surface area contributed by atoms with Crippen LogP contribution < -0.4 is 5.73 Å². The molecule has 0 radical (unpaired) electrons. The first-order valence-corrected chi connectivity index (χ1v) is 9.56. The van der Waals surface area contributed by atoms with Crippen LogP contribution in [0.1, 0.15) is 56.2 Å². The number of rotatable bonds is 7. The molecule has 1 aromatic heterocycles. The van der Waals surface area contributed by atoms with Gasteiger partial charge in [0, 0.05) is 5.69 Å². The third-order valence-corrected chi connectivity index (χ3v) is 5.06. The molecule has 144 valence electrons. The van der Waals surface area contributed by atoms with Gasteiger partial charge in [0.15, 0.2) is 0 Å². The summed E-state index contributed by atoms with van der Waals surface area (Å²) in [5.41, 5.74) is 11.1. The summed E-state index contributed by atoms with van der Waals surface area (Å²) in [5.74, 6) is -0.219. The van der Waals surface area contributed by atoms with Crippen LogP contribution in [0.15, 0.2) is 48.0 Å². The molecule has 0 aliphatic carbocycles. The van der Waals surface area contributed by atoms with Crippen LogP contribution in [0, 0.1) is 0 Å². The minimum Gasteiger partial charge on any atom is -0.463 e. The van der Waals surface area contributed by atoms with Crippen molar-refractivity contribution in [1.82, 2.24) is 4.98 Å². The molecule has 0 bridgehead atoms. The smallest absolute Gasteiger partial charge is 0.310 e. The van der Waals surface area contributed by atoms with Crippen molar-refractivity contribution in [2.24, 2.45) is 5.73 Å². The molecule has 1 fully saturated rings. The van der Waals surface area contributed by atoms with E-state index in [9.17, 15) is 4.79 Å². The Labute approximate surface area is 160 Å². The Morgan fingerprint density at radius 1 is 1.22 bits per heavy atom. The number of hydrogen-bond donors (Lipinski definition) is 2. The van der Waals surface area contributed by atoms with E-state index in [1.165, 1.54) is 5.57 Å². The van der Waals surface area contributed by atoms with Crippen molar-refractivity contribution in [2.75, 3.05) is 6.61 Å². The Morgan fingerprint density at radius 3 is 2.74 bits per heavy atom. The second-order valence-electron chi connectivity index (χ2n) is 7.04. The van der Waals surface area contributed by atoms with Gasteiger partial charge in [-0.3, -0.25) is 4.79 Å². The van der Waals surface area contributed by atoms with E-state index in [1.807, 2.05) is 49.4 Å². The number of H-pyrrole nitrogens is 1. The average Bonchev–Trinajstić information content (AvgIpc) is 3.35. The number of allylic oxidation sites excluding steroid dienone is 1. The number of nitrogens with one attached hydrogen (secondary N) is 1. The van der Waals surface area contributed by atoms with Crippen LogP contribution in [-0.2, 0) is 20.7 Å². The number of aromatic amines is 1. The Hall–Kier alpha value is -2.53. The van der Waals surface area contributed by atoms with Crippen LogP contribution >= 0.6 is 0 Å². The minimum absolute atomic E-state index is 0.00805. The molecule has 3 N–H and O–H groups in total. The molecule has 2 aromatic rings. The lowest BCUT2D eigenvalue weighted by atomic mass is 10.1. The normalized spacial score (nSPS) is 20.4. The summed E-state index contributed by atoms with van der Waals surface area (Å²) in [5, 5.41) is 0. The third kappa shape index (κ3) is 5.01. The molecule has 2 heterocycles. The van der Waals surface area contributed by atoms with Gasteiger partial charge < -0.3 is 20.2 Å². The van der Waals surface area contributed by atoms with Gasteiger partial charge in [0.1, 0.15) is 6.61 Å². The minimum atomic E-state index is -0.219. The number of nitrogens with two attached hydrogens (primary N) is 1. The van der Waals surface area contributed by atoms with Gasteiger partial charge in [-0.05, 0) is 49.5 Å². The molecule has 5 nitrogen and oxygen atoms in total. The zero-order valence-electron chi connectivity index (χ0n) is 16.0. The Morgan fingerprint density at radius 2 is 2.00 bits per heavy atom. The van der Waals surface area contributed by atoms with Crippen LogP contribution in [0.5, 0.6) is 0 Å². The van der Waals surface area contributed by atoms with Crippen molar-refractivity contribution in [1.29, 1.82) is 0 Å². The summed E-state index contributed by atoms with van der Waals surface area (Å²) in [6.07, 6.45) is 2.92. The number of esters is 1. The van der Waals surface area contributed by atoms with E-state index >= 15 is 0 Å². The Balaban J connectivity index is 1.49. The lowest BCUT2D eigenvalue weighted by Crippen LogP contribution is -2.19. The van der Waals surface area contributed by atoms with Crippen LogP contribution in [-0.4, -0.2) is 23.7 Å². The predicted octanol–water partition coefficient (Wildman–Crippen LogP) is 4.12. The van der Waals surface area contributed by atoms with Crippen molar-refractivity contribution in [3.05, 3.63) is 65.0 Å². The van der Waals surface area contributed by atoms with Gasteiger partial charge in [-0.15, -0.1) is 0 Å². The topological polar surface area (TPSA) is 77.3 Å². The number of aromatic nitrogens is 1. The van der Waals surface area contributed by atoms with Crippen molar-refractivity contribution < 1.29 is 14.3 Å². The molecule has 0 spiro atoms. The van der Waals surface area contributed by atoms with Gasteiger partial charge in [0.2, 0.25) is 0 Å². The fraction of sp³-hybridized carbons (Fsp3) is 0.409. The molecule has 0 amide bonds. The van der Waals surface area contributed by atoms with Crippen molar-refractivity contribution in [3.8, 4) is 0 Å². The van der Waals surface area contributed by atoms with Gasteiger partial charge in [-0.2, -0.15) is 0 Å². The van der Waals surface area contributed by atoms with Crippen LogP contribution in [0.2, 0.25) is 0 Å². The summed E-state index contributed by atoms with van der Waals surface area (Å²) in [6.45, 7) is 4.43. The van der Waals surface area contributed by atoms with Gasteiger partial charge >= 0.3 is 5.97 Å². The molecular formula is C22H28N2O3. The number of carbonyl (C=O) groups excluding carboxylic acids is 1. The molecule has 0 saturated carbocycles. The van der Waals surface area contributed by atoms with E-state index in [-0.39, 0.29) is 18.2 Å². The molecular weight excluding hydrogens is 340 g/mol. The first kappa shape index (κ1) is 19.2. The van der Waals surface area contributed by atoms with Crippen molar-refractivity contribution in [2.45, 2.75) is 51.7 Å². The molecule has 1 aliphatic heterocycles. The third-order valence-electron chi connectivity index (χ3n) is 5.06. The van der Waals surface area contributed by atoms with E-state index in [1.54, 1.807) is 0 Å². The summed E-state index contributed by atoms with van der Waals surface area (Å²) in [4.78, 5) is 15.4. The van der Waals surface area contributed by atoms with Gasteiger partial charge in [0.05, 0.1) is 30.0 Å². The molecule has 5 heteroatoms.